The topological polar surface area (TPSA) is 115 Å². The molecule has 1 aromatic carbocycles. The Labute approximate surface area is 118 Å². The van der Waals surface area contributed by atoms with Crippen LogP contribution >= 0.6 is 0 Å². The number of sulfonamides is 1. The van der Waals surface area contributed by atoms with E-state index in [9.17, 15) is 18.5 Å². The second-order valence-electron chi connectivity index (χ2n) is 5.22. The second kappa shape index (κ2) is 5.76. The number of nitro benzene ring substituents is 1. The van der Waals surface area contributed by atoms with Gasteiger partial charge in [-0.25, -0.2) is 13.1 Å². The molecule has 0 amide bonds. The van der Waals surface area contributed by atoms with Crippen molar-refractivity contribution in [2.45, 2.75) is 44.0 Å². The summed E-state index contributed by atoms with van der Waals surface area (Å²) in [5.74, 6) is 0. The number of nitrogens with zero attached hydrogens (tertiary/aromatic N) is 1. The van der Waals surface area contributed by atoms with Gasteiger partial charge in [-0.1, -0.05) is 13.3 Å². The van der Waals surface area contributed by atoms with Gasteiger partial charge in [-0.2, -0.15) is 0 Å². The van der Waals surface area contributed by atoms with Gasteiger partial charge in [-0.05, 0) is 26.3 Å². The first-order valence-corrected chi connectivity index (χ1v) is 7.65. The predicted molar refractivity (Wildman–Crippen MR) is 76.8 cm³/mol. The molecule has 0 aliphatic heterocycles. The van der Waals surface area contributed by atoms with Crippen LogP contribution in [0.2, 0.25) is 0 Å². The Balaban J connectivity index is 3.14. The number of non-ortho nitro benzene ring substituents is 1. The van der Waals surface area contributed by atoms with Crippen molar-refractivity contribution >= 4 is 21.4 Å². The van der Waals surface area contributed by atoms with Gasteiger partial charge in [0.15, 0.2) is 0 Å². The number of rotatable bonds is 6. The summed E-state index contributed by atoms with van der Waals surface area (Å²) in [6, 6.07) is 3.32. The van der Waals surface area contributed by atoms with Gasteiger partial charge < -0.3 is 5.73 Å². The van der Waals surface area contributed by atoms with Gasteiger partial charge >= 0.3 is 0 Å². The molecule has 0 aromatic heterocycles. The van der Waals surface area contributed by atoms with Crippen LogP contribution < -0.4 is 10.5 Å². The first kappa shape index (κ1) is 16.4. The molecule has 0 atom stereocenters. The molecule has 0 saturated heterocycles. The van der Waals surface area contributed by atoms with Crippen molar-refractivity contribution in [3.63, 3.8) is 0 Å². The van der Waals surface area contributed by atoms with Gasteiger partial charge in [0.05, 0.1) is 10.6 Å². The van der Waals surface area contributed by atoms with Gasteiger partial charge in [0.25, 0.3) is 5.69 Å². The van der Waals surface area contributed by atoms with Crippen LogP contribution in [0.5, 0.6) is 0 Å². The lowest BCUT2D eigenvalue weighted by atomic mass is 10.0. The minimum atomic E-state index is -3.81. The van der Waals surface area contributed by atoms with E-state index in [1.54, 1.807) is 13.8 Å². The van der Waals surface area contributed by atoms with Crippen molar-refractivity contribution in [1.82, 2.24) is 4.72 Å². The zero-order valence-corrected chi connectivity index (χ0v) is 12.5. The first-order chi connectivity index (χ1) is 9.09. The third-order valence-electron chi connectivity index (χ3n) is 2.78. The smallest absolute Gasteiger partial charge is 0.271 e. The summed E-state index contributed by atoms with van der Waals surface area (Å²) >= 11 is 0. The van der Waals surface area contributed by atoms with E-state index in [4.69, 9.17) is 5.73 Å². The monoisotopic (exact) mass is 301 g/mol. The highest BCUT2D eigenvalue weighted by molar-refractivity contribution is 7.89. The van der Waals surface area contributed by atoms with E-state index in [1.165, 1.54) is 0 Å². The molecule has 0 bridgehead atoms. The summed E-state index contributed by atoms with van der Waals surface area (Å²) in [6.07, 6.45) is 1.49. The highest BCUT2D eigenvalue weighted by Crippen LogP contribution is 2.25. The molecular formula is C12H19N3O4S. The summed E-state index contributed by atoms with van der Waals surface area (Å²) in [5.41, 5.74) is 4.62. The molecule has 112 valence electrons. The number of benzene rings is 1. The van der Waals surface area contributed by atoms with Crippen molar-refractivity contribution < 1.29 is 13.3 Å². The second-order valence-corrected chi connectivity index (χ2v) is 6.87. The molecule has 8 heteroatoms. The average molecular weight is 301 g/mol. The largest absolute Gasteiger partial charge is 0.397 e. The third kappa shape index (κ3) is 3.91. The number of nitrogens with one attached hydrogen (secondary N) is 1. The van der Waals surface area contributed by atoms with Crippen LogP contribution in [0, 0.1) is 10.1 Å². The van der Waals surface area contributed by atoms with E-state index in [0.29, 0.717) is 6.42 Å². The Morgan fingerprint density at radius 3 is 2.45 bits per heavy atom. The van der Waals surface area contributed by atoms with Crippen LogP contribution in [0.1, 0.15) is 33.6 Å². The van der Waals surface area contributed by atoms with Gasteiger partial charge in [-0.15, -0.1) is 0 Å². The molecule has 0 unspecified atom stereocenters. The van der Waals surface area contributed by atoms with Crippen LogP contribution in [0.3, 0.4) is 0 Å². The number of anilines is 1. The molecule has 0 spiro atoms. The normalized spacial score (nSPS) is 12.3. The first-order valence-electron chi connectivity index (χ1n) is 6.17. The predicted octanol–water partition coefficient (Wildman–Crippen LogP) is 2.03. The van der Waals surface area contributed by atoms with Gasteiger partial charge in [0, 0.05) is 17.7 Å². The van der Waals surface area contributed by atoms with E-state index in [1.807, 2.05) is 6.92 Å². The molecule has 1 rings (SSSR count). The summed E-state index contributed by atoms with van der Waals surface area (Å²) in [7, 11) is -3.81. The summed E-state index contributed by atoms with van der Waals surface area (Å²) in [6.45, 7) is 5.50. The quantitative estimate of drug-likeness (QED) is 0.474. The lowest BCUT2D eigenvalue weighted by Crippen LogP contribution is -2.43. The Bertz CT molecular complexity index is 611. The Hall–Kier alpha value is -1.67. The fourth-order valence-corrected chi connectivity index (χ4v) is 3.54. The van der Waals surface area contributed by atoms with Crippen molar-refractivity contribution in [3.05, 3.63) is 28.3 Å². The highest BCUT2D eigenvalue weighted by atomic mass is 32.2. The number of nitrogen functional groups attached to an aromatic ring is 1. The molecule has 3 N–H and O–H groups in total. The Kier molecular flexibility index (Phi) is 4.72. The van der Waals surface area contributed by atoms with E-state index in [-0.39, 0.29) is 16.3 Å². The average Bonchev–Trinajstić information content (AvgIpc) is 2.26. The third-order valence-corrected chi connectivity index (χ3v) is 4.55. The van der Waals surface area contributed by atoms with Crippen molar-refractivity contribution in [2.75, 3.05) is 5.73 Å². The van der Waals surface area contributed by atoms with E-state index in [0.717, 1.165) is 24.6 Å². The fourth-order valence-electron chi connectivity index (χ4n) is 1.99. The van der Waals surface area contributed by atoms with E-state index < -0.39 is 20.5 Å². The molecule has 0 aliphatic carbocycles. The Morgan fingerprint density at radius 2 is 2.00 bits per heavy atom. The standard InChI is InChI=1S/C12H19N3O4S/c1-4-7-12(2,3)14-20(18,19)11-6-5-9(15(16)17)8-10(11)13/h5-6,8,14H,4,7,13H2,1-3H3. The van der Waals surface area contributed by atoms with Crippen LogP contribution in [-0.2, 0) is 10.0 Å². The maximum absolute atomic E-state index is 12.3. The molecule has 0 aliphatic rings. The maximum Gasteiger partial charge on any atom is 0.271 e. The number of hydrogen-bond acceptors (Lipinski definition) is 5. The summed E-state index contributed by atoms with van der Waals surface area (Å²) in [4.78, 5) is 9.84. The summed E-state index contributed by atoms with van der Waals surface area (Å²) < 4.78 is 27.1. The number of nitro groups is 1. The van der Waals surface area contributed by atoms with Gasteiger partial charge in [-0.3, -0.25) is 10.1 Å². The summed E-state index contributed by atoms with van der Waals surface area (Å²) in [5, 5.41) is 10.6. The lowest BCUT2D eigenvalue weighted by Gasteiger charge is -2.25. The van der Waals surface area contributed by atoms with Crippen molar-refractivity contribution in [1.29, 1.82) is 0 Å². The minimum Gasteiger partial charge on any atom is -0.397 e. The lowest BCUT2D eigenvalue weighted by molar-refractivity contribution is -0.384. The minimum absolute atomic E-state index is 0.140. The highest BCUT2D eigenvalue weighted by Gasteiger charge is 2.27. The zero-order chi connectivity index (χ0) is 15.6. The molecule has 7 nitrogen and oxygen atoms in total. The molecular weight excluding hydrogens is 282 g/mol. The Morgan fingerprint density at radius 1 is 1.40 bits per heavy atom. The van der Waals surface area contributed by atoms with Crippen LogP contribution in [0.4, 0.5) is 11.4 Å². The SMILES string of the molecule is CCCC(C)(C)NS(=O)(=O)c1ccc([N+](=O)[O-])cc1N. The number of hydrogen-bond donors (Lipinski definition) is 2. The van der Waals surface area contributed by atoms with Gasteiger partial charge in [0.2, 0.25) is 10.0 Å². The molecule has 0 saturated carbocycles. The zero-order valence-electron chi connectivity index (χ0n) is 11.7. The van der Waals surface area contributed by atoms with Gasteiger partial charge in [0.1, 0.15) is 4.90 Å². The van der Waals surface area contributed by atoms with Crippen molar-refractivity contribution in [2.24, 2.45) is 0 Å². The molecule has 0 fully saturated rings. The molecule has 20 heavy (non-hydrogen) atoms. The van der Waals surface area contributed by atoms with Crippen LogP contribution in [0.25, 0.3) is 0 Å². The molecule has 0 heterocycles. The van der Waals surface area contributed by atoms with Crippen LogP contribution in [0.15, 0.2) is 23.1 Å². The van der Waals surface area contributed by atoms with E-state index >= 15 is 0 Å². The van der Waals surface area contributed by atoms with E-state index in [2.05, 4.69) is 4.72 Å². The fraction of sp³-hybridized carbons (Fsp3) is 0.500. The maximum atomic E-state index is 12.3. The number of nitrogens with two attached hydrogens (primary N) is 1. The van der Waals surface area contributed by atoms with Crippen molar-refractivity contribution in [3.8, 4) is 0 Å². The molecule has 1 aromatic rings. The molecule has 0 radical (unpaired) electrons. The van der Waals surface area contributed by atoms with Crippen LogP contribution in [-0.4, -0.2) is 18.9 Å².